The Morgan fingerprint density at radius 3 is 2.54 bits per heavy atom. The molecule has 0 radical (unpaired) electrons. The summed E-state index contributed by atoms with van der Waals surface area (Å²) in [6.07, 6.45) is 0.810. The number of aromatic nitrogens is 1. The van der Waals surface area contributed by atoms with Crippen LogP contribution in [0.25, 0.3) is 11.3 Å². The van der Waals surface area contributed by atoms with Crippen LogP contribution in [0.3, 0.4) is 0 Å². The Hall–Kier alpha value is -1.08. The van der Waals surface area contributed by atoms with Gasteiger partial charge in [0.25, 0.3) is 0 Å². The number of hydrogen-bond donors (Lipinski definition) is 2. The fourth-order valence-corrected chi connectivity index (χ4v) is 2.32. The predicted octanol–water partition coefficient (Wildman–Crippen LogP) is 3.65. The maximum absolute atomic E-state index is 11.7. The van der Waals surface area contributed by atoms with Gasteiger partial charge >= 0.3 is 0 Å². The molecule has 24 heavy (non-hydrogen) atoms. The van der Waals surface area contributed by atoms with Crippen molar-refractivity contribution in [3.05, 3.63) is 40.3 Å². The van der Waals surface area contributed by atoms with Crippen molar-refractivity contribution < 1.29 is 9.21 Å². The van der Waals surface area contributed by atoms with Gasteiger partial charge in [0.15, 0.2) is 11.7 Å². The lowest BCUT2D eigenvalue weighted by molar-refractivity contribution is -0.121. The number of nitrogens with two attached hydrogens (primary N) is 1. The molecule has 0 saturated heterocycles. The zero-order valence-electron chi connectivity index (χ0n) is 13.5. The summed E-state index contributed by atoms with van der Waals surface area (Å²) in [5, 5.41) is 2.82. The highest BCUT2D eigenvalue weighted by Crippen LogP contribution is 2.26. The Morgan fingerprint density at radius 1 is 1.33 bits per heavy atom. The van der Waals surface area contributed by atoms with E-state index in [4.69, 9.17) is 10.2 Å². The van der Waals surface area contributed by atoms with Crippen LogP contribution < -0.4 is 11.1 Å². The highest BCUT2D eigenvalue weighted by molar-refractivity contribution is 9.10. The number of halogens is 3. The van der Waals surface area contributed by atoms with E-state index in [0.717, 1.165) is 21.5 Å². The standard InChI is InChI=1S/C16H20BrN3O2.2ClH/c1-10(9-18)19-14(21)7-8-15-20-11(2)16(22-15)12-3-5-13(17)6-4-12;;/h3-6,10H,7-9,18H2,1-2H3,(H,19,21);2*1H/t10-;;/m0../s1. The van der Waals surface area contributed by atoms with Gasteiger partial charge in [0.1, 0.15) is 0 Å². The molecule has 0 bridgehead atoms. The molecule has 0 aliphatic rings. The summed E-state index contributed by atoms with van der Waals surface area (Å²) < 4.78 is 6.80. The van der Waals surface area contributed by atoms with Crippen molar-refractivity contribution in [2.75, 3.05) is 6.54 Å². The first-order valence-corrected chi connectivity index (χ1v) is 8.00. The third-order valence-electron chi connectivity index (χ3n) is 3.27. The molecule has 2 aromatic rings. The first kappa shape index (κ1) is 22.9. The maximum atomic E-state index is 11.7. The van der Waals surface area contributed by atoms with Crippen LogP contribution in [0.1, 0.15) is 24.9 Å². The second kappa shape index (κ2) is 10.7. The lowest BCUT2D eigenvalue weighted by Gasteiger charge is -2.10. The highest BCUT2D eigenvalue weighted by Gasteiger charge is 2.13. The normalized spacial score (nSPS) is 11.2. The molecular weight excluding hydrogens is 417 g/mol. The first-order chi connectivity index (χ1) is 10.5. The molecule has 8 heteroatoms. The lowest BCUT2D eigenvalue weighted by atomic mass is 10.1. The molecule has 1 aromatic heterocycles. The number of carbonyl (C=O) groups excluding carboxylic acids is 1. The van der Waals surface area contributed by atoms with E-state index in [-0.39, 0.29) is 36.8 Å². The zero-order valence-corrected chi connectivity index (χ0v) is 16.8. The number of hydrogen-bond acceptors (Lipinski definition) is 4. The van der Waals surface area contributed by atoms with Crippen molar-refractivity contribution in [3.8, 4) is 11.3 Å². The van der Waals surface area contributed by atoms with Gasteiger partial charge in [0, 0.05) is 35.5 Å². The van der Waals surface area contributed by atoms with Crippen LogP contribution in [0.5, 0.6) is 0 Å². The van der Waals surface area contributed by atoms with E-state index in [1.807, 2.05) is 38.1 Å². The van der Waals surface area contributed by atoms with E-state index in [2.05, 4.69) is 26.2 Å². The second-order valence-electron chi connectivity index (χ2n) is 5.23. The molecule has 0 aliphatic heterocycles. The van der Waals surface area contributed by atoms with Gasteiger partial charge in [0.2, 0.25) is 5.91 Å². The second-order valence-corrected chi connectivity index (χ2v) is 6.15. The van der Waals surface area contributed by atoms with Crippen LogP contribution in [0.15, 0.2) is 33.2 Å². The van der Waals surface area contributed by atoms with Gasteiger partial charge in [-0.25, -0.2) is 4.98 Å². The van der Waals surface area contributed by atoms with Crippen LogP contribution in [0.4, 0.5) is 0 Å². The number of nitrogens with one attached hydrogen (secondary N) is 1. The molecule has 1 aromatic carbocycles. The Bertz CT molecular complexity index is 647. The average Bonchev–Trinajstić information content (AvgIpc) is 2.87. The van der Waals surface area contributed by atoms with Gasteiger partial charge < -0.3 is 15.5 Å². The molecule has 0 saturated carbocycles. The average molecular weight is 439 g/mol. The summed E-state index contributed by atoms with van der Waals surface area (Å²) in [7, 11) is 0. The third-order valence-corrected chi connectivity index (χ3v) is 3.80. The third kappa shape index (κ3) is 6.43. The fourth-order valence-electron chi connectivity index (χ4n) is 2.05. The molecule has 0 unspecified atom stereocenters. The van der Waals surface area contributed by atoms with Gasteiger partial charge in [-0.15, -0.1) is 24.8 Å². The summed E-state index contributed by atoms with van der Waals surface area (Å²) in [5.74, 6) is 1.28. The Labute approximate surface area is 162 Å². The van der Waals surface area contributed by atoms with Crippen LogP contribution in [0.2, 0.25) is 0 Å². The Kier molecular flexibility index (Phi) is 10.2. The Morgan fingerprint density at radius 2 is 1.96 bits per heavy atom. The molecule has 2 rings (SSSR count). The SMILES string of the molecule is Cc1nc(CCC(=O)N[C@@H](C)CN)oc1-c1ccc(Br)cc1.Cl.Cl. The molecule has 1 atom stereocenters. The van der Waals surface area contributed by atoms with E-state index in [0.29, 0.717) is 25.3 Å². The summed E-state index contributed by atoms with van der Waals surface area (Å²) in [4.78, 5) is 16.1. The molecule has 0 spiro atoms. The molecule has 1 amide bonds. The number of rotatable bonds is 6. The minimum Gasteiger partial charge on any atom is -0.440 e. The zero-order chi connectivity index (χ0) is 16.1. The summed E-state index contributed by atoms with van der Waals surface area (Å²) >= 11 is 3.41. The Balaban J connectivity index is 0.00000264. The minimum atomic E-state index is -0.0426. The molecule has 3 N–H and O–H groups in total. The van der Waals surface area contributed by atoms with E-state index in [9.17, 15) is 4.79 Å². The number of amides is 1. The molecular formula is C16H22BrCl2N3O2. The first-order valence-electron chi connectivity index (χ1n) is 7.21. The largest absolute Gasteiger partial charge is 0.440 e. The topological polar surface area (TPSA) is 81.2 Å². The maximum Gasteiger partial charge on any atom is 0.220 e. The van der Waals surface area contributed by atoms with E-state index < -0.39 is 0 Å². The van der Waals surface area contributed by atoms with Gasteiger partial charge in [-0.05, 0) is 26.0 Å². The number of carbonyl (C=O) groups is 1. The molecule has 0 fully saturated rings. The van der Waals surface area contributed by atoms with Crippen molar-refractivity contribution in [2.45, 2.75) is 32.7 Å². The van der Waals surface area contributed by atoms with Crippen molar-refractivity contribution in [1.82, 2.24) is 10.3 Å². The lowest BCUT2D eigenvalue weighted by Crippen LogP contribution is -2.37. The molecule has 5 nitrogen and oxygen atoms in total. The highest BCUT2D eigenvalue weighted by atomic mass is 79.9. The van der Waals surface area contributed by atoms with Crippen LogP contribution in [-0.4, -0.2) is 23.5 Å². The van der Waals surface area contributed by atoms with E-state index in [1.165, 1.54) is 0 Å². The fraction of sp³-hybridized carbons (Fsp3) is 0.375. The van der Waals surface area contributed by atoms with Gasteiger partial charge in [-0.3, -0.25) is 4.79 Å². The van der Waals surface area contributed by atoms with Crippen LogP contribution in [-0.2, 0) is 11.2 Å². The minimum absolute atomic E-state index is 0. The molecule has 134 valence electrons. The number of benzene rings is 1. The van der Waals surface area contributed by atoms with Crippen molar-refractivity contribution >= 4 is 46.7 Å². The number of aryl methyl sites for hydroxylation is 2. The number of oxazole rings is 1. The monoisotopic (exact) mass is 437 g/mol. The predicted molar refractivity (Wildman–Crippen MR) is 104 cm³/mol. The summed E-state index contributed by atoms with van der Waals surface area (Å²) in [6, 6.07) is 7.84. The number of nitrogens with zero attached hydrogens (tertiary/aromatic N) is 1. The molecule has 0 aliphatic carbocycles. The summed E-state index contributed by atoms with van der Waals surface area (Å²) in [6.45, 7) is 4.21. The smallest absolute Gasteiger partial charge is 0.220 e. The summed E-state index contributed by atoms with van der Waals surface area (Å²) in [5.41, 5.74) is 7.28. The van der Waals surface area contributed by atoms with Crippen LogP contribution in [0, 0.1) is 6.92 Å². The van der Waals surface area contributed by atoms with Gasteiger partial charge in [0.05, 0.1) is 5.69 Å². The van der Waals surface area contributed by atoms with E-state index >= 15 is 0 Å². The molecule has 1 heterocycles. The van der Waals surface area contributed by atoms with Crippen molar-refractivity contribution in [2.24, 2.45) is 5.73 Å². The van der Waals surface area contributed by atoms with Crippen molar-refractivity contribution in [3.63, 3.8) is 0 Å². The van der Waals surface area contributed by atoms with Gasteiger partial charge in [-0.2, -0.15) is 0 Å². The van der Waals surface area contributed by atoms with Crippen molar-refractivity contribution in [1.29, 1.82) is 0 Å². The van der Waals surface area contributed by atoms with E-state index in [1.54, 1.807) is 0 Å². The van der Waals surface area contributed by atoms with Crippen LogP contribution >= 0.6 is 40.7 Å². The quantitative estimate of drug-likeness (QED) is 0.721. The van der Waals surface area contributed by atoms with Gasteiger partial charge in [-0.1, -0.05) is 28.1 Å².